The minimum Gasteiger partial charge on any atom is -0.394 e. The largest absolute Gasteiger partial charge is 0.394 e. The first-order chi connectivity index (χ1) is 7.24. The molecule has 2 rings (SSSR count). The van der Waals surface area contributed by atoms with Crippen LogP contribution < -0.4 is 0 Å². The fraction of sp³-hybridized carbons (Fsp3) is 0.750. The second-order valence-corrected chi connectivity index (χ2v) is 3.75. The predicted octanol–water partition coefficient (Wildman–Crippen LogP) is -0.957. The van der Waals surface area contributed by atoms with Gasteiger partial charge in [0.15, 0.2) is 0 Å². The van der Waals surface area contributed by atoms with Crippen LogP contribution in [0.4, 0.5) is 0 Å². The molecule has 0 aliphatic carbocycles. The molecule has 1 fully saturated rings. The molecular formula is C8H13N5O2. The maximum absolute atomic E-state index is 11.9. The summed E-state index contributed by atoms with van der Waals surface area (Å²) in [5.74, 6) is 0.0977. The molecule has 1 amide bonds. The molecule has 82 valence electrons. The van der Waals surface area contributed by atoms with Crippen molar-refractivity contribution in [2.24, 2.45) is 5.92 Å². The van der Waals surface area contributed by atoms with Crippen molar-refractivity contribution in [1.82, 2.24) is 25.5 Å². The lowest BCUT2D eigenvalue weighted by atomic mass is 10.0. The van der Waals surface area contributed by atoms with E-state index in [9.17, 15) is 9.90 Å². The third kappa shape index (κ3) is 1.70. The standard InChI is InChI=1S/C8H13N5O2/c1-5-2-3-13(6(5)4-14)8(15)7-9-11-12-10-7/h5-6,14H,2-4H2,1H3,(H,9,10,11,12). The Labute approximate surface area is 86.5 Å². The molecule has 0 radical (unpaired) electrons. The van der Waals surface area contributed by atoms with E-state index in [0.717, 1.165) is 6.42 Å². The number of carbonyl (C=O) groups excluding carboxylic acids is 1. The van der Waals surface area contributed by atoms with Crippen molar-refractivity contribution in [2.75, 3.05) is 13.2 Å². The number of aromatic amines is 1. The maximum Gasteiger partial charge on any atom is 0.295 e. The molecule has 2 heterocycles. The monoisotopic (exact) mass is 211 g/mol. The second-order valence-electron chi connectivity index (χ2n) is 3.75. The highest BCUT2D eigenvalue weighted by atomic mass is 16.3. The van der Waals surface area contributed by atoms with Gasteiger partial charge >= 0.3 is 0 Å². The number of hydrogen-bond donors (Lipinski definition) is 2. The van der Waals surface area contributed by atoms with Gasteiger partial charge in [-0.2, -0.15) is 5.21 Å². The van der Waals surface area contributed by atoms with E-state index in [0.29, 0.717) is 12.5 Å². The summed E-state index contributed by atoms with van der Waals surface area (Å²) in [5, 5.41) is 22.0. The van der Waals surface area contributed by atoms with E-state index in [1.54, 1.807) is 4.90 Å². The number of hydrogen-bond acceptors (Lipinski definition) is 5. The molecule has 1 aliphatic heterocycles. The van der Waals surface area contributed by atoms with Crippen LogP contribution in [0.25, 0.3) is 0 Å². The molecule has 0 spiro atoms. The van der Waals surface area contributed by atoms with E-state index in [2.05, 4.69) is 20.6 Å². The van der Waals surface area contributed by atoms with Gasteiger partial charge in [0.1, 0.15) is 0 Å². The number of amides is 1. The van der Waals surface area contributed by atoms with Crippen LogP contribution in [0.2, 0.25) is 0 Å². The number of tetrazole rings is 1. The topological polar surface area (TPSA) is 95.0 Å². The van der Waals surface area contributed by atoms with Crippen LogP contribution in [0.3, 0.4) is 0 Å². The quantitative estimate of drug-likeness (QED) is 0.657. The SMILES string of the molecule is CC1CCN(C(=O)c2nn[nH]n2)C1CO. The number of likely N-dealkylation sites (tertiary alicyclic amines) is 1. The zero-order valence-electron chi connectivity index (χ0n) is 8.42. The summed E-state index contributed by atoms with van der Waals surface area (Å²) in [4.78, 5) is 13.5. The van der Waals surface area contributed by atoms with Crippen molar-refractivity contribution in [3.63, 3.8) is 0 Å². The van der Waals surface area contributed by atoms with Crippen molar-refractivity contribution in [2.45, 2.75) is 19.4 Å². The molecule has 7 nitrogen and oxygen atoms in total. The first kappa shape index (κ1) is 10.0. The van der Waals surface area contributed by atoms with Gasteiger partial charge in [0, 0.05) is 6.54 Å². The van der Waals surface area contributed by atoms with Crippen LogP contribution >= 0.6 is 0 Å². The van der Waals surface area contributed by atoms with E-state index >= 15 is 0 Å². The molecule has 0 aromatic carbocycles. The minimum absolute atomic E-state index is 0.0231. The number of nitrogens with zero attached hydrogens (tertiary/aromatic N) is 4. The highest BCUT2D eigenvalue weighted by molar-refractivity contribution is 5.90. The van der Waals surface area contributed by atoms with Gasteiger partial charge < -0.3 is 10.0 Å². The lowest BCUT2D eigenvalue weighted by Gasteiger charge is -2.23. The zero-order chi connectivity index (χ0) is 10.8. The molecule has 7 heteroatoms. The average Bonchev–Trinajstić information content (AvgIpc) is 2.85. The molecule has 2 N–H and O–H groups in total. The van der Waals surface area contributed by atoms with Gasteiger partial charge in [0.25, 0.3) is 11.7 Å². The molecule has 2 unspecified atom stereocenters. The van der Waals surface area contributed by atoms with Gasteiger partial charge in [-0.15, -0.1) is 10.2 Å². The Morgan fingerprint density at radius 1 is 1.73 bits per heavy atom. The number of aliphatic hydroxyl groups is 1. The Kier molecular flexibility index (Phi) is 2.63. The summed E-state index contributed by atoms with van der Waals surface area (Å²) in [6, 6.07) is -0.129. The summed E-state index contributed by atoms with van der Waals surface area (Å²) >= 11 is 0. The number of rotatable bonds is 2. The van der Waals surface area contributed by atoms with E-state index in [4.69, 9.17) is 0 Å². The summed E-state index contributed by atoms with van der Waals surface area (Å²) < 4.78 is 0. The van der Waals surface area contributed by atoms with E-state index in [1.165, 1.54) is 0 Å². The first-order valence-electron chi connectivity index (χ1n) is 4.89. The van der Waals surface area contributed by atoms with Gasteiger partial charge in [-0.3, -0.25) is 4.79 Å². The molecule has 1 aromatic heterocycles. The second kappa shape index (κ2) is 3.93. The number of aromatic nitrogens is 4. The third-order valence-electron chi connectivity index (χ3n) is 2.87. The van der Waals surface area contributed by atoms with E-state index < -0.39 is 0 Å². The van der Waals surface area contributed by atoms with Crippen LogP contribution in [-0.2, 0) is 0 Å². The Morgan fingerprint density at radius 3 is 3.13 bits per heavy atom. The highest BCUT2D eigenvalue weighted by Crippen LogP contribution is 2.24. The van der Waals surface area contributed by atoms with Gasteiger partial charge in [0.2, 0.25) is 0 Å². The Balaban J connectivity index is 2.14. The van der Waals surface area contributed by atoms with Crippen molar-refractivity contribution in [3.8, 4) is 0 Å². The Morgan fingerprint density at radius 2 is 2.53 bits per heavy atom. The lowest BCUT2D eigenvalue weighted by Crippen LogP contribution is -2.40. The van der Waals surface area contributed by atoms with Crippen LogP contribution in [-0.4, -0.2) is 55.7 Å². The van der Waals surface area contributed by atoms with Gasteiger partial charge in [0.05, 0.1) is 12.6 Å². The average molecular weight is 211 g/mol. The molecular weight excluding hydrogens is 198 g/mol. The fourth-order valence-corrected chi connectivity index (χ4v) is 1.92. The van der Waals surface area contributed by atoms with Crippen LogP contribution in [0.15, 0.2) is 0 Å². The first-order valence-corrected chi connectivity index (χ1v) is 4.89. The summed E-state index contributed by atoms with van der Waals surface area (Å²) in [7, 11) is 0. The normalized spacial score (nSPS) is 25.9. The Bertz CT molecular complexity index is 339. The smallest absolute Gasteiger partial charge is 0.295 e. The summed E-state index contributed by atoms with van der Waals surface area (Å²) in [6.07, 6.45) is 0.898. The molecule has 15 heavy (non-hydrogen) atoms. The van der Waals surface area contributed by atoms with E-state index in [1.807, 2.05) is 6.92 Å². The third-order valence-corrected chi connectivity index (χ3v) is 2.87. The number of carbonyl (C=O) groups is 1. The maximum atomic E-state index is 11.9. The molecule has 1 saturated heterocycles. The van der Waals surface area contributed by atoms with Gasteiger partial charge in [-0.05, 0) is 17.6 Å². The van der Waals surface area contributed by atoms with Crippen molar-refractivity contribution in [3.05, 3.63) is 5.82 Å². The number of H-pyrrole nitrogens is 1. The molecule has 2 atom stereocenters. The Hall–Kier alpha value is -1.50. The molecule has 0 bridgehead atoms. The summed E-state index contributed by atoms with van der Waals surface area (Å²) in [6.45, 7) is 2.63. The van der Waals surface area contributed by atoms with Gasteiger partial charge in [-0.1, -0.05) is 6.92 Å². The van der Waals surface area contributed by atoms with Crippen LogP contribution in [0, 0.1) is 5.92 Å². The minimum atomic E-state index is -0.271. The molecule has 1 aliphatic rings. The van der Waals surface area contributed by atoms with Crippen molar-refractivity contribution < 1.29 is 9.90 Å². The van der Waals surface area contributed by atoms with Crippen molar-refractivity contribution in [1.29, 1.82) is 0 Å². The lowest BCUT2D eigenvalue weighted by molar-refractivity contribution is 0.0636. The molecule has 0 saturated carbocycles. The van der Waals surface area contributed by atoms with Gasteiger partial charge in [-0.25, -0.2) is 0 Å². The highest BCUT2D eigenvalue weighted by Gasteiger charge is 2.35. The summed E-state index contributed by atoms with van der Waals surface area (Å²) in [5.41, 5.74) is 0. The zero-order valence-corrected chi connectivity index (χ0v) is 8.42. The number of aliphatic hydroxyl groups excluding tert-OH is 1. The number of nitrogens with one attached hydrogen (secondary N) is 1. The van der Waals surface area contributed by atoms with Crippen LogP contribution in [0.1, 0.15) is 24.0 Å². The van der Waals surface area contributed by atoms with Crippen LogP contribution in [0.5, 0.6) is 0 Å². The fourth-order valence-electron chi connectivity index (χ4n) is 1.92. The predicted molar refractivity (Wildman–Crippen MR) is 49.9 cm³/mol. The molecule has 1 aromatic rings. The van der Waals surface area contributed by atoms with Crippen molar-refractivity contribution >= 4 is 5.91 Å². The van der Waals surface area contributed by atoms with E-state index in [-0.39, 0.29) is 24.4 Å².